The average molecular weight is 363 g/mol. The average Bonchev–Trinajstić information content (AvgIpc) is 3.09. The van der Waals surface area contributed by atoms with Crippen molar-refractivity contribution in [2.75, 3.05) is 0 Å². The highest BCUT2D eigenvalue weighted by Crippen LogP contribution is 2.50. The van der Waals surface area contributed by atoms with Crippen LogP contribution in [0, 0.1) is 29.6 Å². The molecule has 3 fully saturated rings. The number of carbonyl (C=O) groups is 2. The van der Waals surface area contributed by atoms with Crippen molar-refractivity contribution in [3.8, 4) is 0 Å². The fourth-order valence-electron chi connectivity index (χ4n) is 5.46. The second-order valence-electron chi connectivity index (χ2n) is 8.86. The molecule has 4 heteroatoms. The fourth-order valence-corrected chi connectivity index (χ4v) is 5.46. The third-order valence-corrected chi connectivity index (χ3v) is 7.14. The molecule has 3 aliphatic carbocycles. The number of carboxylic acids is 1. The van der Waals surface area contributed by atoms with Crippen molar-refractivity contribution in [2.24, 2.45) is 29.6 Å². The summed E-state index contributed by atoms with van der Waals surface area (Å²) in [6, 6.07) is 0. The van der Waals surface area contributed by atoms with E-state index < -0.39 is 5.97 Å². The largest absolute Gasteiger partial charge is 0.512 e. The van der Waals surface area contributed by atoms with E-state index in [4.69, 9.17) is 5.11 Å². The SMILES string of the molecule is O=C(O)CCCCCCC1C(=O)CCC1/C(O)=C\CC1CC2CCC2C1. The van der Waals surface area contributed by atoms with Crippen molar-refractivity contribution in [1.29, 1.82) is 0 Å². The Labute approximate surface area is 157 Å². The molecular weight excluding hydrogens is 328 g/mol. The van der Waals surface area contributed by atoms with Gasteiger partial charge in [0.05, 0.1) is 5.76 Å². The Balaban J connectivity index is 1.41. The molecule has 0 heterocycles. The predicted molar refractivity (Wildman–Crippen MR) is 101 cm³/mol. The summed E-state index contributed by atoms with van der Waals surface area (Å²) in [6.45, 7) is 0. The smallest absolute Gasteiger partial charge is 0.303 e. The van der Waals surface area contributed by atoms with Crippen molar-refractivity contribution in [3.05, 3.63) is 11.8 Å². The molecule has 4 unspecified atom stereocenters. The van der Waals surface area contributed by atoms with Gasteiger partial charge in [0.15, 0.2) is 0 Å². The first-order valence-electron chi connectivity index (χ1n) is 10.7. The standard InChI is InChI=1S/C22H34O4/c23-20(11-7-15-13-16-8-9-17(16)14-15)19-10-12-21(24)18(19)5-3-1-2-4-6-22(25)26/h11,15-19,23H,1-10,12-14H2,(H,25,26)/b20-11+. The van der Waals surface area contributed by atoms with Crippen molar-refractivity contribution in [2.45, 2.75) is 83.5 Å². The van der Waals surface area contributed by atoms with Crippen LogP contribution in [-0.4, -0.2) is 22.0 Å². The third kappa shape index (κ3) is 4.89. The van der Waals surface area contributed by atoms with E-state index in [0.717, 1.165) is 56.3 Å². The Kier molecular flexibility index (Phi) is 6.77. The molecule has 3 aliphatic rings. The number of carbonyl (C=O) groups excluding carboxylic acids is 1. The second kappa shape index (κ2) is 9.05. The topological polar surface area (TPSA) is 74.6 Å². The van der Waals surface area contributed by atoms with Crippen LogP contribution in [0.3, 0.4) is 0 Å². The number of ketones is 1. The number of aliphatic hydroxyl groups excluding tert-OH is 1. The van der Waals surface area contributed by atoms with Gasteiger partial charge in [-0.3, -0.25) is 9.59 Å². The van der Waals surface area contributed by atoms with Gasteiger partial charge >= 0.3 is 5.97 Å². The molecule has 0 spiro atoms. The van der Waals surface area contributed by atoms with Crippen LogP contribution in [-0.2, 0) is 9.59 Å². The van der Waals surface area contributed by atoms with E-state index in [0.29, 0.717) is 24.4 Å². The van der Waals surface area contributed by atoms with Crippen molar-refractivity contribution in [3.63, 3.8) is 0 Å². The number of Topliss-reactive ketones (excluding diaryl/α,β-unsaturated/α-hetero) is 1. The van der Waals surface area contributed by atoms with Gasteiger partial charge in [0, 0.05) is 24.7 Å². The predicted octanol–water partition coefficient (Wildman–Crippen LogP) is 5.28. The van der Waals surface area contributed by atoms with Gasteiger partial charge in [0.25, 0.3) is 0 Å². The zero-order valence-electron chi connectivity index (χ0n) is 15.9. The molecule has 0 radical (unpaired) electrons. The molecule has 0 saturated heterocycles. The van der Waals surface area contributed by atoms with Gasteiger partial charge in [-0.05, 0) is 75.2 Å². The Morgan fingerprint density at radius 1 is 1.00 bits per heavy atom. The van der Waals surface area contributed by atoms with E-state index in [1.165, 1.54) is 25.7 Å². The van der Waals surface area contributed by atoms with Crippen molar-refractivity contribution in [1.82, 2.24) is 0 Å². The Hall–Kier alpha value is -1.32. The number of allylic oxidation sites excluding steroid dienone is 2. The van der Waals surface area contributed by atoms with Crippen LogP contribution in [0.4, 0.5) is 0 Å². The lowest BCUT2D eigenvalue weighted by Crippen LogP contribution is -2.18. The van der Waals surface area contributed by atoms with Gasteiger partial charge in [-0.15, -0.1) is 0 Å². The normalized spacial score (nSPS) is 33.9. The first-order chi connectivity index (χ1) is 12.5. The van der Waals surface area contributed by atoms with Crippen LogP contribution >= 0.6 is 0 Å². The summed E-state index contributed by atoms with van der Waals surface area (Å²) in [5.74, 6) is 2.69. The summed E-state index contributed by atoms with van der Waals surface area (Å²) in [5.41, 5.74) is 0. The number of aliphatic carboxylic acids is 1. The van der Waals surface area contributed by atoms with Gasteiger partial charge in [0.2, 0.25) is 0 Å². The molecule has 0 amide bonds. The molecule has 0 bridgehead atoms. The van der Waals surface area contributed by atoms with Crippen LogP contribution in [0.15, 0.2) is 11.8 Å². The van der Waals surface area contributed by atoms with Crippen LogP contribution < -0.4 is 0 Å². The van der Waals surface area contributed by atoms with E-state index in [2.05, 4.69) is 0 Å². The summed E-state index contributed by atoms with van der Waals surface area (Å²) in [5, 5.41) is 19.2. The molecule has 0 aromatic heterocycles. The first kappa shape index (κ1) is 19.4. The molecule has 3 saturated carbocycles. The van der Waals surface area contributed by atoms with Crippen LogP contribution in [0.1, 0.15) is 83.5 Å². The molecule has 0 aliphatic heterocycles. The van der Waals surface area contributed by atoms with E-state index in [-0.39, 0.29) is 18.3 Å². The van der Waals surface area contributed by atoms with Gasteiger partial charge in [-0.1, -0.05) is 19.3 Å². The molecule has 4 atom stereocenters. The van der Waals surface area contributed by atoms with Gasteiger partial charge < -0.3 is 10.2 Å². The van der Waals surface area contributed by atoms with Crippen LogP contribution in [0.5, 0.6) is 0 Å². The Morgan fingerprint density at radius 2 is 1.69 bits per heavy atom. The summed E-state index contributed by atoms with van der Waals surface area (Å²) in [7, 11) is 0. The van der Waals surface area contributed by atoms with Gasteiger partial charge in [-0.25, -0.2) is 0 Å². The number of rotatable bonds is 10. The van der Waals surface area contributed by atoms with E-state index in [1.54, 1.807) is 0 Å². The van der Waals surface area contributed by atoms with E-state index >= 15 is 0 Å². The Morgan fingerprint density at radius 3 is 2.35 bits per heavy atom. The lowest BCUT2D eigenvalue weighted by Gasteiger charge is -2.29. The number of aliphatic hydroxyl groups is 1. The summed E-state index contributed by atoms with van der Waals surface area (Å²) < 4.78 is 0. The minimum Gasteiger partial charge on any atom is -0.512 e. The summed E-state index contributed by atoms with van der Waals surface area (Å²) in [4.78, 5) is 22.8. The number of fused-ring (bicyclic) bond motifs is 1. The molecular formula is C22H34O4. The highest BCUT2D eigenvalue weighted by atomic mass is 16.4. The number of carboxylic acid groups (broad SMARTS) is 1. The quantitative estimate of drug-likeness (QED) is 0.410. The molecule has 0 aromatic rings. The van der Waals surface area contributed by atoms with Crippen molar-refractivity contribution < 1.29 is 19.8 Å². The number of hydrogen-bond donors (Lipinski definition) is 2. The molecule has 146 valence electrons. The number of unbranched alkanes of at least 4 members (excludes halogenated alkanes) is 3. The highest BCUT2D eigenvalue weighted by molar-refractivity contribution is 5.83. The zero-order valence-corrected chi connectivity index (χ0v) is 15.9. The van der Waals surface area contributed by atoms with Crippen LogP contribution in [0.2, 0.25) is 0 Å². The van der Waals surface area contributed by atoms with Gasteiger partial charge in [-0.2, -0.15) is 0 Å². The first-order valence-corrected chi connectivity index (χ1v) is 10.7. The lowest BCUT2D eigenvalue weighted by molar-refractivity contribution is -0.137. The minimum atomic E-state index is -0.735. The van der Waals surface area contributed by atoms with E-state index in [9.17, 15) is 14.7 Å². The lowest BCUT2D eigenvalue weighted by atomic mass is 9.77. The number of hydrogen-bond acceptors (Lipinski definition) is 3. The summed E-state index contributed by atoms with van der Waals surface area (Å²) in [6.07, 6.45) is 14.5. The fraction of sp³-hybridized carbons (Fsp3) is 0.818. The summed E-state index contributed by atoms with van der Waals surface area (Å²) >= 11 is 0. The molecule has 0 aromatic carbocycles. The monoisotopic (exact) mass is 362 g/mol. The molecule has 26 heavy (non-hydrogen) atoms. The molecule has 4 nitrogen and oxygen atoms in total. The van der Waals surface area contributed by atoms with E-state index in [1.807, 2.05) is 6.08 Å². The minimum absolute atomic E-state index is 0.0227. The molecule has 3 rings (SSSR count). The second-order valence-corrected chi connectivity index (χ2v) is 8.86. The van der Waals surface area contributed by atoms with Gasteiger partial charge in [0.1, 0.15) is 5.78 Å². The maximum Gasteiger partial charge on any atom is 0.303 e. The third-order valence-electron chi connectivity index (χ3n) is 7.14. The maximum atomic E-state index is 12.2. The van der Waals surface area contributed by atoms with Crippen LogP contribution in [0.25, 0.3) is 0 Å². The maximum absolute atomic E-state index is 12.2. The Bertz CT molecular complexity index is 526. The van der Waals surface area contributed by atoms with Crippen molar-refractivity contribution >= 4 is 11.8 Å². The molecule has 2 N–H and O–H groups in total. The highest BCUT2D eigenvalue weighted by Gasteiger charge is 2.40. The zero-order chi connectivity index (χ0) is 18.5.